The molecule has 0 atom stereocenters. The number of nitrogens with one attached hydrogen (secondary N) is 1. The number of anilines is 1. The molecule has 1 fully saturated rings. The highest BCUT2D eigenvalue weighted by atomic mass is 35.5. The van der Waals surface area contributed by atoms with E-state index < -0.39 is 23.1 Å². The van der Waals surface area contributed by atoms with Gasteiger partial charge in [0.15, 0.2) is 5.82 Å². The summed E-state index contributed by atoms with van der Waals surface area (Å²) in [6, 6.07) is 4.15. The molecule has 90 valence electrons. The average molecular weight is 258 g/mol. The Morgan fingerprint density at radius 1 is 1.41 bits per heavy atom. The molecule has 0 aromatic heterocycles. The predicted octanol–water partition coefficient (Wildman–Crippen LogP) is 2.28. The van der Waals surface area contributed by atoms with Crippen LogP contribution in [0.2, 0.25) is 5.02 Å². The number of aliphatic carboxylic acids is 1. The number of hydrogen-bond acceptors (Lipinski definition) is 2. The third-order valence-electron chi connectivity index (χ3n) is 2.79. The van der Waals surface area contributed by atoms with Crippen molar-refractivity contribution in [2.75, 3.05) is 5.32 Å². The molecule has 1 aromatic rings. The molecule has 0 unspecified atom stereocenters. The van der Waals surface area contributed by atoms with Crippen LogP contribution in [0.25, 0.3) is 0 Å². The Morgan fingerprint density at radius 3 is 2.59 bits per heavy atom. The Hall–Kier alpha value is -1.62. The second-order valence-electron chi connectivity index (χ2n) is 3.94. The molecule has 1 aliphatic rings. The van der Waals surface area contributed by atoms with Gasteiger partial charge in [-0.05, 0) is 25.0 Å². The van der Waals surface area contributed by atoms with Crippen LogP contribution >= 0.6 is 11.6 Å². The zero-order chi connectivity index (χ0) is 12.6. The number of hydrogen-bond donors (Lipinski definition) is 2. The van der Waals surface area contributed by atoms with Crippen LogP contribution < -0.4 is 5.32 Å². The Morgan fingerprint density at radius 2 is 2.06 bits per heavy atom. The minimum Gasteiger partial charge on any atom is -0.480 e. The molecule has 0 radical (unpaired) electrons. The molecule has 1 aromatic carbocycles. The van der Waals surface area contributed by atoms with Crippen molar-refractivity contribution in [2.24, 2.45) is 5.41 Å². The van der Waals surface area contributed by atoms with Gasteiger partial charge in [0.2, 0.25) is 5.91 Å². The van der Waals surface area contributed by atoms with E-state index in [1.165, 1.54) is 18.2 Å². The number of carbonyl (C=O) groups is 2. The van der Waals surface area contributed by atoms with Crippen molar-refractivity contribution in [3.8, 4) is 0 Å². The van der Waals surface area contributed by atoms with Gasteiger partial charge in [-0.1, -0.05) is 17.7 Å². The van der Waals surface area contributed by atoms with E-state index in [1.807, 2.05) is 0 Å². The van der Waals surface area contributed by atoms with Crippen LogP contribution in [0.15, 0.2) is 18.2 Å². The lowest BCUT2D eigenvalue weighted by Crippen LogP contribution is -2.31. The van der Waals surface area contributed by atoms with Crippen molar-refractivity contribution in [3.63, 3.8) is 0 Å². The van der Waals surface area contributed by atoms with Gasteiger partial charge in [0.05, 0.1) is 10.7 Å². The summed E-state index contributed by atoms with van der Waals surface area (Å²) < 4.78 is 13.5. The fraction of sp³-hybridized carbons (Fsp3) is 0.273. The Labute approximate surface area is 101 Å². The molecule has 6 heteroatoms. The Kier molecular flexibility index (Phi) is 2.79. The molecule has 17 heavy (non-hydrogen) atoms. The topological polar surface area (TPSA) is 66.4 Å². The molecule has 1 amide bonds. The van der Waals surface area contributed by atoms with Crippen molar-refractivity contribution < 1.29 is 19.1 Å². The van der Waals surface area contributed by atoms with Gasteiger partial charge in [0, 0.05) is 0 Å². The van der Waals surface area contributed by atoms with Crippen LogP contribution in [0.5, 0.6) is 0 Å². The molecule has 0 heterocycles. The van der Waals surface area contributed by atoms with E-state index in [9.17, 15) is 14.0 Å². The summed E-state index contributed by atoms with van der Waals surface area (Å²) in [6.45, 7) is 0. The van der Waals surface area contributed by atoms with E-state index >= 15 is 0 Å². The van der Waals surface area contributed by atoms with Crippen LogP contribution in [-0.2, 0) is 9.59 Å². The first-order valence-electron chi connectivity index (χ1n) is 4.96. The summed E-state index contributed by atoms with van der Waals surface area (Å²) in [5.41, 5.74) is -1.50. The standard InChI is InChI=1S/C11H9ClFNO3/c12-6-2-1-3-7(8(6)13)14-9(15)11(4-5-11)10(16)17/h1-3H,4-5H2,(H,14,15)(H,16,17). The molecule has 1 saturated carbocycles. The van der Waals surface area contributed by atoms with Gasteiger partial charge in [-0.15, -0.1) is 0 Å². The summed E-state index contributed by atoms with van der Waals surface area (Å²) in [5, 5.41) is 11.0. The molecule has 0 spiro atoms. The minimum atomic E-state index is -1.39. The van der Waals surface area contributed by atoms with Gasteiger partial charge in [-0.2, -0.15) is 0 Å². The van der Waals surface area contributed by atoms with Crippen LogP contribution in [0, 0.1) is 11.2 Å². The van der Waals surface area contributed by atoms with Crippen molar-refractivity contribution in [1.29, 1.82) is 0 Å². The molecule has 1 aliphatic carbocycles. The molecule has 2 N–H and O–H groups in total. The summed E-state index contributed by atoms with van der Waals surface area (Å²) in [5.74, 6) is -2.65. The number of carbonyl (C=O) groups excluding carboxylic acids is 1. The highest BCUT2D eigenvalue weighted by Crippen LogP contribution is 2.46. The van der Waals surface area contributed by atoms with Gasteiger partial charge in [0.1, 0.15) is 5.41 Å². The molecule has 2 rings (SSSR count). The lowest BCUT2D eigenvalue weighted by molar-refractivity contribution is -0.147. The SMILES string of the molecule is O=C(O)C1(C(=O)Nc2cccc(Cl)c2F)CC1. The average Bonchev–Trinajstić information content (AvgIpc) is 3.05. The van der Waals surface area contributed by atoms with Gasteiger partial charge >= 0.3 is 5.97 Å². The number of rotatable bonds is 3. The fourth-order valence-corrected chi connectivity index (χ4v) is 1.68. The minimum absolute atomic E-state index is 0.102. The van der Waals surface area contributed by atoms with Crippen LogP contribution in [0.1, 0.15) is 12.8 Å². The smallest absolute Gasteiger partial charge is 0.319 e. The van der Waals surface area contributed by atoms with E-state index in [1.54, 1.807) is 0 Å². The first-order chi connectivity index (χ1) is 7.97. The van der Waals surface area contributed by atoms with Crippen LogP contribution in [-0.4, -0.2) is 17.0 Å². The second-order valence-corrected chi connectivity index (χ2v) is 4.35. The molecule has 0 bridgehead atoms. The number of amides is 1. The predicted molar refractivity (Wildman–Crippen MR) is 59.3 cm³/mol. The molecular weight excluding hydrogens is 249 g/mol. The second kappa shape index (κ2) is 4.00. The van der Waals surface area contributed by atoms with E-state index in [4.69, 9.17) is 16.7 Å². The number of carboxylic acid groups (broad SMARTS) is 1. The Balaban J connectivity index is 2.20. The van der Waals surface area contributed by atoms with E-state index in [2.05, 4.69) is 5.32 Å². The highest BCUT2D eigenvalue weighted by molar-refractivity contribution is 6.31. The quantitative estimate of drug-likeness (QED) is 0.817. The van der Waals surface area contributed by atoms with Crippen molar-refractivity contribution in [1.82, 2.24) is 0 Å². The summed E-state index contributed by atoms with van der Waals surface area (Å²) >= 11 is 5.55. The Bertz CT molecular complexity index is 499. The third-order valence-corrected chi connectivity index (χ3v) is 3.09. The largest absolute Gasteiger partial charge is 0.480 e. The van der Waals surface area contributed by atoms with E-state index in [0.717, 1.165) is 0 Å². The van der Waals surface area contributed by atoms with E-state index in [0.29, 0.717) is 0 Å². The van der Waals surface area contributed by atoms with Gasteiger partial charge in [0.25, 0.3) is 0 Å². The van der Waals surface area contributed by atoms with E-state index in [-0.39, 0.29) is 23.6 Å². The number of carboxylic acids is 1. The molecule has 0 aliphatic heterocycles. The summed E-state index contributed by atoms with van der Waals surface area (Å²) in [6.07, 6.45) is 0.548. The summed E-state index contributed by atoms with van der Waals surface area (Å²) in [7, 11) is 0. The van der Waals surface area contributed by atoms with Crippen LogP contribution in [0.3, 0.4) is 0 Å². The van der Waals surface area contributed by atoms with Crippen molar-refractivity contribution in [2.45, 2.75) is 12.8 Å². The zero-order valence-corrected chi connectivity index (χ0v) is 9.42. The lowest BCUT2D eigenvalue weighted by Gasteiger charge is -2.11. The number of halogens is 2. The third kappa shape index (κ3) is 1.98. The number of benzene rings is 1. The molecular formula is C11H9ClFNO3. The van der Waals surface area contributed by atoms with Crippen LogP contribution in [0.4, 0.5) is 10.1 Å². The van der Waals surface area contributed by atoms with Crippen molar-refractivity contribution in [3.05, 3.63) is 29.0 Å². The maximum Gasteiger partial charge on any atom is 0.319 e. The summed E-state index contributed by atoms with van der Waals surface area (Å²) in [4.78, 5) is 22.6. The first-order valence-corrected chi connectivity index (χ1v) is 5.34. The lowest BCUT2D eigenvalue weighted by atomic mass is 10.1. The van der Waals surface area contributed by atoms with Crippen molar-refractivity contribution >= 4 is 29.2 Å². The molecule has 4 nitrogen and oxygen atoms in total. The highest BCUT2D eigenvalue weighted by Gasteiger charge is 2.57. The zero-order valence-electron chi connectivity index (χ0n) is 8.67. The maximum absolute atomic E-state index is 13.5. The first kappa shape index (κ1) is 11.9. The monoisotopic (exact) mass is 257 g/mol. The van der Waals surface area contributed by atoms with Gasteiger partial charge < -0.3 is 10.4 Å². The molecule has 0 saturated heterocycles. The van der Waals surface area contributed by atoms with Gasteiger partial charge in [-0.25, -0.2) is 4.39 Å². The fourth-order valence-electron chi connectivity index (χ4n) is 1.51. The van der Waals surface area contributed by atoms with Gasteiger partial charge in [-0.3, -0.25) is 9.59 Å². The normalized spacial score (nSPS) is 16.4. The maximum atomic E-state index is 13.5.